The van der Waals surface area contributed by atoms with Crippen LogP contribution < -0.4 is 0 Å². The Labute approximate surface area is 83.3 Å². The predicted octanol–water partition coefficient (Wildman–Crippen LogP) is 1.59. The van der Waals surface area contributed by atoms with E-state index in [0.717, 1.165) is 5.56 Å². The van der Waals surface area contributed by atoms with Crippen LogP contribution in [0.3, 0.4) is 0 Å². The molecule has 1 aromatic carbocycles. The number of ketones is 1. The van der Waals surface area contributed by atoms with E-state index in [-0.39, 0.29) is 5.78 Å². The molecule has 14 heavy (non-hydrogen) atoms. The lowest BCUT2D eigenvalue weighted by Gasteiger charge is -2.08. The summed E-state index contributed by atoms with van der Waals surface area (Å²) in [7, 11) is 0. The van der Waals surface area contributed by atoms with Crippen LogP contribution in [0.2, 0.25) is 0 Å². The van der Waals surface area contributed by atoms with Crippen molar-refractivity contribution in [2.24, 2.45) is 0 Å². The van der Waals surface area contributed by atoms with E-state index in [0.29, 0.717) is 4.74 Å². The maximum absolute atomic E-state index is 11.4. The lowest BCUT2D eigenvalue weighted by atomic mass is 10.2. The lowest BCUT2D eigenvalue weighted by Crippen LogP contribution is -2.26. The molecule has 0 N–H and O–H groups in total. The molecule has 0 bridgehead atoms. The number of hydrogen-bond acceptors (Lipinski definition) is 2. The summed E-state index contributed by atoms with van der Waals surface area (Å²) >= 11 is 0. The molecule has 3 nitrogen and oxygen atoms in total. The third kappa shape index (κ3) is 2.69. The molecular weight excluding hydrogens is 178 g/mol. The van der Waals surface area contributed by atoms with E-state index in [1.165, 1.54) is 13.1 Å². The predicted molar refractivity (Wildman–Crippen MR) is 55.4 cm³/mol. The van der Waals surface area contributed by atoms with Crippen LogP contribution in [0.25, 0.3) is 0 Å². The fourth-order valence-corrected chi connectivity index (χ4v) is 0.977. The number of hydroxylamine groups is 1. The topological polar surface area (TPSA) is 43.1 Å². The molecule has 1 atom stereocenters. The molecule has 0 saturated heterocycles. The van der Waals surface area contributed by atoms with Gasteiger partial charge in [0.2, 0.25) is 6.04 Å². The number of carbonyl (C=O) groups excluding carboxylic acids is 1. The quantitative estimate of drug-likeness (QED) is 0.315. The minimum Gasteiger partial charge on any atom is -0.623 e. The Morgan fingerprint density at radius 1 is 1.43 bits per heavy atom. The van der Waals surface area contributed by atoms with Crippen LogP contribution in [0.5, 0.6) is 0 Å². The Morgan fingerprint density at radius 3 is 2.50 bits per heavy atom. The smallest absolute Gasteiger partial charge is 0.217 e. The zero-order valence-corrected chi connectivity index (χ0v) is 8.31. The van der Waals surface area contributed by atoms with Crippen LogP contribution in [-0.2, 0) is 4.79 Å². The van der Waals surface area contributed by atoms with Gasteiger partial charge in [0.15, 0.2) is 12.0 Å². The Bertz CT molecular complexity index is 344. The van der Waals surface area contributed by atoms with Gasteiger partial charge in [-0.1, -0.05) is 18.2 Å². The highest BCUT2D eigenvalue weighted by atomic mass is 16.5. The number of hydrogen-bond donors (Lipinski definition) is 0. The van der Waals surface area contributed by atoms with Crippen molar-refractivity contribution in [3.63, 3.8) is 0 Å². The molecule has 0 saturated carbocycles. The van der Waals surface area contributed by atoms with Crippen LogP contribution in [0.4, 0.5) is 0 Å². The summed E-state index contributed by atoms with van der Waals surface area (Å²) in [6, 6.07) is 8.59. The number of benzene rings is 1. The van der Waals surface area contributed by atoms with E-state index in [1.54, 1.807) is 6.92 Å². The number of rotatable bonds is 3. The fraction of sp³-hybridized carbons (Fsp3) is 0.273. The Hall–Kier alpha value is -1.64. The monoisotopic (exact) mass is 191 g/mol. The summed E-state index contributed by atoms with van der Waals surface area (Å²) in [5.74, 6) is -0.132. The zero-order chi connectivity index (χ0) is 10.6. The van der Waals surface area contributed by atoms with Gasteiger partial charge >= 0.3 is 0 Å². The van der Waals surface area contributed by atoms with Crippen molar-refractivity contribution >= 4 is 12.0 Å². The minimum atomic E-state index is -0.616. The highest BCUT2D eigenvalue weighted by Crippen LogP contribution is 1.96. The van der Waals surface area contributed by atoms with Gasteiger partial charge < -0.3 is 5.21 Å². The average Bonchev–Trinajstić information content (AvgIpc) is 2.18. The molecule has 1 unspecified atom stereocenters. The standard InChI is InChI=1S/C11H13NO2/c1-9(10(2)13)12(14)8-11-6-4-3-5-7-11/h3-9H,1-2H3/b12-8-. The Morgan fingerprint density at radius 2 is 2.00 bits per heavy atom. The summed E-state index contributed by atoms with van der Waals surface area (Å²) in [5.41, 5.74) is 0.801. The lowest BCUT2D eigenvalue weighted by molar-refractivity contribution is -0.476. The third-order valence-corrected chi connectivity index (χ3v) is 2.05. The van der Waals surface area contributed by atoms with Gasteiger partial charge in [-0.2, -0.15) is 0 Å². The number of nitrogens with zero attached hydrogens (tertiary/aromatic N) is 1. The molecule has 0 aliphatic carbocycles. The zero-order valence-electron chi connectivity index (χ0n) is 8.31. The second kappa shape index (κ2) is 4.56. The van der Waals surface area contributed by atoms with Gasteiger partial charge in [0.05, 0.1) is 0 Å². The summed E-state index contributed by atoms with van der Waals surface area (Å²) in [5, 5.41) is 11.4. The molecule has 0 spiro atoms. The van der Waals surface area contributed by atoms with Gasteiger partial charge in [-0.05, 0) is 12.1 Å². The van der Waals surface area contributed by atoms with Crippen LogP contribution in [-0.4, -0.2) is 22.8 Å². The van der Waals surface area contributed by atoms with E-state index >= 15 is 0 Å². The molecule has 0 radical (unpaired) electrons. The normalized spacial score (nSPS) is 13.7. The minimum absolute atomic E-state index is 0.132. The van der Waals surface area contributed by atoms with E-state index in [9.17, 15) is 10.0 Å². The summed E-state index contributed by atoms with van der Waals surface area (Å²) < 4.78 is 0.678. The van der Waals surface area contributed by atoms with E-state index in [2.05, 4.69) is 0 Å². The van der Waals surface area contributed by atoms with Crippen molar-refractivity contribution in [3.8, 4) is 0 Å². The van der Waals surface area contributed by atoms with E-state index < -0.39 is 6.04 Å². The van der Waals surface area contributed by atoms with Crippen LogP contribution in [0, 0.1) is 5.21 Å². The van der Waals surface area contributed by atoms with Gasteiger partial charge in [0.1, 0.15) is 0 Å². The summed E-state index contributed by atoms with van der Waals surface area (Å²) in [6.07, 6.45) is 1.42. The summed E-state index contributed by atoms with van der Waals surface area (Å²) in [6.45, 7) is 3.00. The van der Waals surface area contributed by atoms with Gasteiger partial charge in [0, 0.05) is 19.4 Å². The summed E-state index contributed by atoms with van der Waals surface area (Å²) in [4.78, 5) is 10.9. The first-order chi connectivity index (χ1) is 6.61. The SMILES string of the molecule is CC(=O)C(C)/[N+]([O-])=C/c1ccccc1. The van der Waals surface area contributed by atoms with E-state index in [1.807, 2.05) is 30.3 Å². The van der Waals surface area contributed by atoms with Crippen molar-refractivity contribution in [2.75, 3.05) is 0 Å². The molecular formula is C11H13NO2. The van der Waals surface area contributed by atoms with Crippen LogP contribution >= 0.6 is 0 Å². The van der Waals surface area contributed by atoms with Gasteiger partial charge in [-0.15, -0.1) is 0 Å². The Kier molecular flexibility index (Phi) is 3.40. The third-order valence-electron chi connectivity index (χ3n) is 2.05. The fourth-order valence-electron chi connectivity index (χ4n) is 0.977. The molecule has 1 rings (SSSR count). The molecule has 0 amide bonds. The Balaban J connectivity index is 2.84. The first-order valence-electron chi connectivity index (χ1n) is 4.47. The molecule has 0 fully saturated rings. The van der Waals surface area contributed by atoms with Gasteiger partial charge in [-0.25, -0.2) is 4.74 Å². The van der Waals surface area contributed by atoms with Crippen molar-refractivity contribution in [2.45, 2.75) is 19.9 Å². The largest absolute Gasteiger partial charge is 0.623 e. The molecule has 0 aromatic heterocycles. The maximum Gasteiger partial charge on any atom is 0.217 e. The first-order valence-corrected chi connectivity index (χ1v) is 4.47. The highest BCUT2D eigenvalue weighted by molar-refractivity contribution is 5.81. The molecule has 3 heteroatoms. The first kappa shape index (κ1) is 10.4. The van der Waals surface area contributed by atoms with Crippen molar-refractivity contribution in [1.29, 1.82) is 0 Å². The number of Topliss-reactive ketones (excluding diaryl/α,β-unsaturated/α-hetero) is 1. The molecule has 1 aromatic rings. The van der Waals surface area contributed by atoms with Crippen molar-refractivity contribution in [1.82, 2.24) is 0 Å². The molecule has 0 heterocycles. The molecule has 0 aliphatic heterocycles. The van der Waals surface area contributed by atoms with Gasteiger partial charge in [-0.3, -0.25) is 4.79 Å². The van der Waals surface area contributed by atoms with Crippen molar-refractivity contribution in [3.05, 3.63) is 41.1 Å². The second-order valence-corrected chi connectivity index (χ2v) is 3.19. The highest BCUT2D eigenvalue weighted by Gasteiger charge is 2.14. The number of carbonyl (C=O) groups is 1. The molecule has 0 aliphatic rings. The maximum atomic E-state index is 11.4. The van der Waals surface area contributed by atoms with Crippen molar-refractivity contribution < 1.29 is 9.53 Å². The van der Waals surface area contributed by atoms with E-state index in [4.69, 9.17) is 0 Å². The van der Waals surface area contributed by atoms with Crippen LogP contribution in [0.1, 0.15) is 19.4 Å². The van der Waals surface area contributed by atoms with Crippen LogP contribution in [0.15, 0.2) is 30.3 Å². The molecule has 74 valence electrons. The average molecular weight is 191 g/mol. The van der Waals surface area contributed by atoms with Gasteiger partial charge in [0.25, 0.3) is 0 Å². The second-order valence-electron chi connectivity index (χ2n) is 3.19.